The van der Waals surface area contributed by atoms with Crippen LogP contribution in [-0.4, -0.2) is 23.6 Å². The third kappa shape index (κ3) is 3.07. The number of benzene rings is 1. The molecule has 0 aliphatic heterocycles. The van der Waals surface area contributed by atoms with Crippen LogP contribution in [0.4, 0.5) is 4.39 Å². The molecule has 0 saturated carbocycles. The molecule has 88 valence electrons. The van der Waals surface area contributed by atoms with E-state index in [1.165, 1.54) is 12.3 Å². The van der Waals surface area contributed by atoms with Gasteiger partial charge in [-0.15, -0.1) is 0 Å². The summed E-state index contributed by atoms with van der Waals surface area (Å²) in [6.07, 6.45) is 3.07. The molecule has 0 atom stereocenters. The minimum absolute atomic E-state index is 0.0675. The van der Waals surface area contributed by atoms with E-state index >= 15 is 0 Å². The highest BCUT2D eigenvalue weighted by Gasteiger charge is 2.14. The maximum Gasteiger partial charge on any atom is 0.336 e. The van der Waals surface area contributed by atoms with Crippen LogP contribution in [0, 0.1) is 5.82 Å². The zero-order valence-electron chi connectivity index (χ0n) is 9.22. The molecule has 1 N–H and O–H groups in total. The molecule has 1 aromatic carbocycles. The molecule has 0 unspecified atom stereocenters. The molecule has 0 aliphatic rings. The Balaban J connectivity index is 3.40. The van der Waals surface area contributed by atoms with Crippen molar-refractivity contribution in [1.82, 2.24) is 0 Å². The monoisotopic (exact) mass is 234 g/mol. The highest BCUT2D eigenvalue weighted by atomic mass is 19.1. The van der Waals surface area contributed by atoms with Gasteiger partial charge < -0.3 is 5.11 Å². The summed E-state index contributed by atoms with van der Waals surface area (Å²) in [4.78, 5) is 18.5. The van der Waals surface area contributed by atoms with Gasteiger partial charge in [-0.05, 0) is 31.8 Å². The number of hydrogen-bond acceptors (Lipinski definition) is 2. The average Bonchev–Trinajstić information content (AvgIpc) is 2.29. The summed E-state index contributed by atoms with van der Waals surface area (Å²) in [5, 5.41) is 8.97. The molecule has 5 heteroatoms. The maximum atomic E-state index is 13.1. The Bertz CT molecular complexity index is 507. The molecule has 1 rings (SSSR count). The number of aromatic carboxylic acids is 1. The lowest BCUT2D eigenvalue weighted by Crippen LogP contribution is -2.08. The van der Waals surface area contributed by atoms with Gasteiger partial charge in [-0.3, -0.25) is 0 Å². The summed E-state index contributed by atoms with van der Waals surface area (Å²) in [7, 11) is 0. The summed E-state index contributed by atoms with van der Waals surface area (Å²) in [5.74, 6) is -1.65. The molecule has 0 saturated heterocycles. The number of carboxylic acid groups (broad SMARTS) is 1. The second-order valence-corrected chi connectivity index (χ2v) is 3.09. The molecule has 0 bridgehead atoms. The van der Waals surface area contributed by atoms with Crippen molar-refractivity contribution in [3.8, 4) is 0 Å². The van der Waals surface area contributed by atoms with Gasteiger partial charge in [-0.2, -0.15) is 0 Å². The van der Waals surface area contributed by atoms with Gasteiger partial charge in [-0.1, -0.05) is 6.08 Å². The van der Waals surface area contributed by atoms with E-state index in [0.29, 0.717) is 0 Å². The first-order valence-electron chi connectivity index (χ1n) is 4.79. The minimum Gasteiger partial charge on any atom is -0.478 e. The van der Waals surface area contributed by atoms with Crippen LogP contribution < -0.4 is 0 Å². The van der Waals surface area contributed by atoms with E-state index in [9.17, 15) is 9.18 Å². The van der Waals surface area contributed by atoms with Gasteiger partial charge in [0, 0.05) is 11.8 Å². The van der Waals surface area contributed by atoms with Gasteiger partial charge in [0.2, 0.25) is 0 Å². The van der Waals surface area contributed by atoms with Crippen LogP contribution in [0.2, 0.25) is 0 Å². The maximum absolute atomic E-state index is 13.1. The van der Waals surface area contributed by atoms with E-state index in [0.717, 1.165) is 12.1 Å². The predicted molar refractivity (Wildman–Crippen MR) is 64.3 cm³/mol. The Kier molecular flexibility index (Phi) is 4.28. The summed E-state index contributed by atoms with van der Waals surface area (Å²) >= 11 is 0. The Morgan fingerprint density at radius 1 is 1.47 bits per heavy atom. The molecular formula is C12H11FN2O2. The van der Waals surface area contributed by atoms with Gasteiger partial charge in [0.15, 0.2) is 5.84 Å². The Morgan fingerprint density at radius 3 is 2.71 bits per heavy atom. The lowest BCUT2D eigenvalue weighted by atomic mass is 10.1. The van der Waals surface area contributed by atoms with Crippen LogP contribution >= 0.6 is 0 Å². The fourth-order valence-corrected chi connectivity index (χ4v) is 1.23. The Hall–Kier alpha value is -2.30. The van der Waals surface area contributed by atoms with Crippen LogP contribution in [0.1, 0.15) is 22.8 Å². The van der Waals surface area contributed by atoms with Gasteiger partial charge in [-0.25, -0.2) is 19.2 Å². The number of hydrogen-bond donors (Lipinski definition) is 1. The second kappa shape index (κ2) is 5.69. The van der Waals surface area contributed by atoms with Crippen LogP contribution in [0.15, 0.2) is 40.5 Å². The molecule has 0 radical (unpaired) electrons. The highest BCUT2D eigenvalue weighted by molar-refractivity contribution is 6.09. The van der Waals surface area contributed by atoms with E-state index in [-0.39, 0.29) is 17.0 Å². The molecule has 0 amide bonds. The highest BCUT2D eigenvalue weighted by Crippen LogP contribution is 2.13. The number of amidine groups is 1. The first kappa shape index (κ1) is 12.8. The number of allylic oxidation sites excluding steroid dienone is 1. The van der Waals surface area contributed by atoms with Gasteiger partial charge in [0.05, 0.1) is 5.56 Å². The lowest BCUT2D eigenvalue weighted by Gasteiger charge is -2.04. The topological polar surface area (TPSA) is 62.0 Å². The van der Waals surface area contributed by atoms with Crippen LogP contribution in [0.5, 0.6) is 0 Å². The fourth-order valence-electron chi connectivity index (χ4n) is 1.23. The molecule has 0 fully saturated rings. The Morgan fingerprint density at radius 2 is 2.18 bits per heavy atom. The summed E-state index contributed by atoms with van der Waals surface area (Å²) in [6.45, 7) is 5.03. The van der Waals surface area contributed by atoms with Gasteiger partial charge >= 0.3 is 5.97 Å². The van der Waals surface area contributed by atoms with Gasteiger partial charge in [0.25, 0.3) is 0 Å². The molecule has 1 aromatic rings. The van der Waals surface area contributed by atoms with Crippen LogP contribution in [0.3, 0.4) is 0 Å². The number of carboxylic acids is 1. The van der Waals surface area contributed by atoms with E-state index in [2.05, 4.69) is 16.7 Å². The van der Waals surface area contributed by atoms with Crippen molar-refractivity contribution >= 4 is 18.5 Å². The largest absolute Gasteiger partial charge is 0.478 e. The second-order valence-electron chi connectivity index (χ2n) is 3.09. The molecule has 0 aromatic heterocycles. The van der Waals surface area contributed by atoms with Gasteiger partial charge in [0.1, 0.15) is 5.82 Å². The quantitative estimate of drug-likeness (QED) is 0.645. The number of aliphatic imine (C=N–C) groups is 2. The standard InChI is InChI=1S/C12H11FN2O2/c1-3-6-15-11(14-2)10-7-8(13)4-5-9(10)12(16)17/h3-7H,2H2,1H3,(H,16,17)/b6-3-,15-11?. The van der Waals surface area contributed by atoms with Crippen molar-refractivity contribution in [3.63, 3.8) is 0 Å². The van der Waals surface area contributed by atoms with Crippen LogP contribution in [-0.2, 0) is 0 Å². The molecule has 4 nitrogen and oxygen atoms in total. The van der Waals surface area contributed by atoms with Crippen molar-refractivity contribution < 1.29 is 14.3 Å². The smallest absolute Gasteiger partial charge is 0.336 e. The molecule has 17 heavy (non-hydrogen) atoms. The van der Waals surface area contributed by atoms with Crippen molar-refractivity contribution in [2.75, 3.05) is 0 Å². The zero-order valence-corrected chi connectivity index (χ0v) is 9.22. The number of carbonyl (C=O) groups is 1. The molecule has 0 aliphatic carbocycles. The molecule has 0 heterocycles. The average molecular weight is 234 g/mol. The summed E-state index contributed by atoms with van der Waals surface area (Å²) in [6, 6.07) is 3.31. The third-order valence-corrected chi connectivity index (χ3v) is 1.95. The normalized spacial score (nSPS) is 11.8. The van der Waals surface area contributed by atoms with E-state index in [4.69, 9.17) is 5.11 Å². The van der Waals surface area contributed by atoms with Crippen LogP contribution in [0.25, 0.3) is 0 Å². The third-order valence-electron chi connectivity index (χ3n) is 1.95. The van der Waals surface area contributed by atoms with Crippen molar-refractivity contribution in [3.05, 3.63) is 47.4 Å². The molecular weight excluding hydrogens is 223 g/mol. The number of rotatable bonds is 3. The summed E-state index contributed by atoms with van der Waals surface area (Å²) < 4.78 is 13.1. The number of nitrogens with zero attached hydrogens (tertiary/aromatic N) is 2. The Labute approximate surface area is 97.8 Å². The van der Waals surface area contributed by atoms with Crippen molar-refractivity contribution in [1.29, 1.82) is 0 Å². The van der Waals surface area contributed by atoms with E-state index < -0.39 is 11.8 Å². The van der Waals surface area contributed by atoms with Crippen molar-refractivity contribution in [2.45, 2.75) is 6.92 Å². The fraction of sp³-hybridized carbons (Fsp3) is 0.0833. The number of halogens is 1. The lowest BCUT2D eigenvalue weighted by molar-refractivity contribution is 0.0696. The predicted octanol–water partition coefficient (Wildman–Crippen LogP) is 2.50. The SMILES string of the molecule is C=NC(=N/C=C\C)c1cc(F)ccc1C(=O)O. The first-order chi connectivity index (χ1) is 8.10. The van der Waals surface area contributed by atoms with E-state index in [1.807, 2.05) is 0 Å². The van der Waals surface area contributed by atoms with E-state index in [1.54, 1.807) is 13.0 Å². The zero-order chi connectivity index (χ0) is 12.8. The minimum atomic E-state index is -1.17. The van der Waals surface area contributed by atoms with Crippen molar-refractivity contribution in [2.24, 2.45) is 9.98 Å². The molecule has 0 spiro atoms. The summed E-state index contributed by atoms with van der Waals surface area (Å²) in [5.41, 5.74) is 0.0349. The first-order valence-corrected chi connectivity index (χ1v) is 4.79.